The Labute approximate surface area is 351 Å². The fourth-order valence-corrected chi connectivity index (χ4v) is 6.55. The average Bonchev–Trinajstić information content (AvgIpc) is 3.21. The lowest BCUT2D eigenvalue weighted by Gasteiger charge is -2.41. The Bertz CT molecular complexity index is 1400. The number of unbranched alkanes of at least 4 members (excludes halogenated alkanes) is 7. The van der Waals surface area contributed by atoms with Crippen molar-refractivity contribution in [2.24, 2.45) is 0 Å². The third kappa shape index (κ3) is 27.3. The monoisotopic (exact) mass is 850 g/mol. The van der Waals surface area contributed by atoms with Crippen molar-refractivity contribution >= 4 is 19.8 Å². The van der Waals surface area contributed by atoms with Gasteiger partial charge in [-0.05, 0) is 70.6 Å². The number of rotatable bonds is 32. The predicted octanol–water partition coefficient (Wildman–Crippen LogP) is 7.49. The molecule has 0 bridgehead atoms. The summed E-state index contributed by atoms with van der Waals surface area (Å²) in [4.78, 5) is 35.5. The number of aliphatic hydroxyl groups excluding tert-OH is 5. The number of phosphoric acid groups is 1. The van der Waals surface area contributed by atoms with E-state index in [1.54, 1.807) is 0 Å². The van der Waals surface area contributed by atoms with E-state index >= 15 is 0 Å². The molecule has 0 radical (unpaired) electrons. The molecule has 0 heterocycles. The molecule has 0 aromatic rings. The van der Waals surface area contributed by atoms with Gasteiger partial charge in [0.1, 0.15) is 43.2 Å². The predicted molar refractivity (Wildman–Crippen MR) is 230 cm³/mol. The Morgan fingerprint density at radius 2 is 1.05 bits per heavy atom. The Balaban J connectivity index is 2.58. The highest BCUT2D eigenvalue weighted by molar-refractivity contribution is 7.47. The zero-order chi connectivity index (χ0) is 43.6. The van der Waals surface area contributed by atoms with Crippen molar-refractivity contribution in [3.8, 4) is 0 Å². The number of allylic oxidation sites excluding steroid dienone is 16. The zero-order valence-corrected chi connectivity index (χ0v) is 35.9. The van der Waals surface area contributed by atoms with Crippen LogP contribution in [0.15, 0.2) is 97.2 Å². The van der Waals surface area contributed by atoms with E-state index in [9.17, 15) is 44.6 Å². The highest BCUT2D eigenvalue weighted by Crippen LogP contribution is 2.47. The summed E-state index contributed by atoms with van der Waals surface area (Å²) in [6.45, 7) is 3.01. The molecular formula is C45H71O13P. The molecule has 1 aliphatic carbocycles. The van der Waals surface area contributed by atoms with E-state index in [1.165, 1.54) is 19.3 Å². The van der Waals surface area contributed by atoms with Gasteiger partial charge in [-0.2, -0.15) is 0 Å². The Morgan fingerprint density at radius 3 is 1.64 bits per heavy atom. The lowest BCUT2D eigenvalue weighted by molar-refractivity contribution is -0.220. The first kappa shape index (κ1) is 53.8. The van der Waals surface area contributed by atoms with Gasteiger partial charge in [-0.1, -0.05) is 130 Å². The smallest absolute Gasteiger partial charge is 0.462 e. The number of hydrogen-bond acceptors (Lipinski definition) is 12. The summed E-state index contributed by atoms with van der Waals surface area (Å²) in [6, 6.07) is 0. The summed E-state index contributed by atoms with van der Waals surface area (Å²) in [7, 11) is -5.14. The number of hydrogen-bond donors (Lipinski definition) is 6. The summed E-state index contributed by atoms with van der Waals surface area (Å²) in [5.74, 6) is -1.22. The van der Waals surface area contributed by atoms with E-state index in [0.29, 0.717) is 19.3 Å². The number of phosphoric ester groups is 1. The van der Waals surface area contributed by atoms with Crippen LogP contribution in [0, 0.1) is 0 Å². The molecule has 7 unspecified atom stereocenters. The molecule has 1 fully saturated rings. The number of esters is 2. The summed E-state index contributed by atoms with van der Waals surface area (Å²) < 4.78 is 33.3. The van der Waals surface area contributed by atoms with Gasteiger partial charge in [0.2, 0.25) is 0 Å². The van der Waals surface area contributed by atoms with Gasteiger partial charge in [0.25, 0.3) is 0 Å². The molecule has 0 amide bonds. The van der Waals surface area contributed by atoms with Gasteiger partial charge in [-0.3, -0.25) is 18.6 Å². The standard InChI is InChI=1S/C45H71O13P/c1-3-5-7-9-11-13-15-17-18-19-20-22-23-25-27-29-31-33-38(46)55-35-37(36-56-59(53,54)58-45-43(51)41(49)40(48)42(50)44(45)52)57-39(47)34-32-30-28-26-24-21-16-14-12-10-8-6-4-2/h6,8,10-14,16-18,20-22,24-25,27,37,40-45,48-52H,3-5,7,9,15,19,23,26,28-36H2,1-2H3,(H,53,54)/b8-6+,12-10+,13-11+,16-14+,18-17+,22-20+,24-21+,27-25+/t37?,40?,41-,42?,43?,44?,45?/m0/s1. The molecule has 1 rings (SSSR count). The SMILES string of the molecule is CC/C=C/C=C/C=C/C=C/CCCCCC(=O)OC(COC(=O)CCC/C=C/C/C=C/C/C=C/C/C=C/CCCCC)COP(=O)(O)OC1C(O)C(O)C(O)[C@H](O)C1O. The van der Waals surface area contributed by atoms with Crippen molar-refractivity contribution < 1.29 is 63.1 Å². The first-order valence-electron chi connectivity index (χ1n) is 21.1. The zero-order valence-electron chi connectivity index (χ0n) is 35.0. The third-order valence-corrected chi connectivity index (χ3v) is 9.99. The number of carbonyl (C=O) groups is 2. The van der Waals surface area contributed by atoms with Gasteiger partial charge < -0.3 is 39.9 Å². The number of aliphatic hydroxyl groups is 5. The minimum Gasteiger partial charge on any atom is -0.462 e. The lowest BCUT2D eigenvalue weighted by atomic mass is 9.85. The molecule has 0 aromatic heterocycles. The van der Waals surface area contributed by atoms with E-state index in [-0.39, 0.29) is 12.8 Å². The minimum absolute atomic E-state index is 0.0328. The lowest BCUT2D eigenvalue weighted by Crippen LogP contribution is -2.64. The van der Waals surface area contributed by atoms with Gasteiger partial charge in [0.15, 0.2) is 6.10 Å². The fourth-order valence-electron chi connectivity index (χ4n) is 5.58. The second-order valence-electron chi connectivity index (χ2n) is 14.2. The van der Waals surface area contributed by atoms with Crippen LogP contribution in [0.3, 0.4) is 0 Å². The van der Waals surface area contributed by atoms with Crippen molar-refractivity contribution in [3.05, 3.63) is 97.2 Å². The highest BCUT2D eigenvalue weighted by atomic mass is 31.2. The fraction of sp³-hybridized carbons (Fsp3) is 0.600. The van der Waals surface area contributed by atoms with Gasteiger partial charge in [-0.15, -0.1) is 0 Å². The third-order valence-electron chi connectivity index (χ3n) is 9.00. The summed E-state index contributed by atoms with van der Waals surface area (Å²) in [6.07, 6.45) is 32.0. The van der Waals surface area contributed by atoms with Gasteiger partial charge in [0, 0.05) is 12.8 Å². The largest absolute Gasteiger partial charge is 0.472 e. The molecule has 0 spiro atoms. The molecule has 13 nitrogen and oxygen atoms in total. The first-order valence-corrected chi connectivity index (χ1v) is 22.6. The molecule has 6 N–H and O–H groups in total. The van der Waals surface area contributed by atoms with Crippen molar-refractivity contribution in [2.45, 2.75) is 159 Å². The Hall–Kier alpha value is -3.23. The topological polar surface area (TPSA) is 210 Å². The van der Waals surface area contributed by atoms with Crippen LogP contribution in [0.4, 0.5) is 0 Å². The molecule has 1 saturated carbocycles. The van der Waals surface area contributed by atoms with Gasteiger partial charge >= 0.3 is 19.8 Å². The van der Waals surface area contributed by atoms with Crippen LogP contribution in [-0.4, -0.2) is 98.3 Å². The maximum absolute atomic E-state index is 12.8. The highest BCUT2D eigenvalue weighted by Gasteiger charge is 2.51. The molecule has 0 aliphatic heterocycles. The molecule has 8 atom stereocenters. The van der Waals surface area contributed by atoms with E-state index < -0.39 is 75.7 Å². The van der Waals surface area contributed by atoms with Gasteiger partial charge in [-0.25, -0.2) is 4.57 Å². The minimum atomic E-state index is -5.14. The number of ether oxygens (including phenoxy) is 2. The van der Waals surface area contributed by atoms with Crippen LogP contribution < -0.4 is 0 Å². The van der Waals surface area contributed by atoms with Crippen LogP contribution in [0.1, 0.15) is 117 Å². The van der Waals surface area contributed by atoms with E-state index in [2.05, 4.69) is 56.4 Å². The van der Waals surface area contributed by atoms with Gasteiger partial charge in [0.05, 0.1) is 6.61 Å². The second kappa shape index (κ2) is 34.5. The average molecular weight is 851 g/mol. The van der Waals surface area contributed by atoms with Crippen molar-refractivity contribution in [1.82, 2.24) is 0 Å². The molecule has 0 saturated heterocycles. The first-order chi connectivity index (χ1) is 28.4. The van der Waals surface area contributed by atoms with Crippen molar-refractivity contribution in [3.63, 3.8) is 0 Å². The van der Waals surface area contributed by atoms with Crippen LogP contribution in [0.5, 0.6) is 0 Å². The molecular weight excluding hydrogens is 779 g/mol. The van der Waals surface area contributed by atoms with Crippen molar-refractivity contribution in [1.29, 1.82) is 0 Å². The Morgan fingerprint density at radius 1 is 0.559 bits per heavy atom. The normalized spacial score (nSPS) is 23.3. The second-order valence-corrected chi connectivity index (χ2v) is 15.6. The summed E-state index contributed by atoms with van der Waals surface area (Å²) >= 11 is 0. The summed E-state index contributed by atoms with van der Waals surface area (Å²) in [5.41, 5.74) is 0. The maximum atomic E-state index is 12.8. The van der Waals surface area contributed by atoms with E-state index in [0.717, 1.165) is 51.4 Å². The molecule has 334 valence electrons. The molecule has 0 aromatic carbocycles. The van der Waals surface area contributed by atoms with Crippen LogP contribution >= 0.6 is 7.82 Å². The van der Waals surface area contributed by atoms with E-state index in [1.807, 2.05) is 54.7 Å². The quantitative estimate of drug-likeness (QED) is 0.0128. The molecule has 14 heteroatoms. The Kier molecular flexibility index (Phi) is 31.4. The maximum Gasteiger partial charge on any atom is 0.472 e. The van der Waals surface area contributed by atoms with E-state index in [4.69, 9.17) is 18.5 Å². The van der Waals surface area contributed by atoms with Crippen LogP contribution in [-0.2, 0) is 32.7 Å². The van der Waals surface area contributed by atoms with Crippen LogP contribution in [0.25, 0.3) is 0 Å². The summed E-state index contributed by atoms with van der Waals surface area (Å²) in [5, 5.41) is 50.0. The van der Waals surface area contributed by atoms with Crippen molar-refractivity contribution in [2.75, 3.05) is 13.2 Å². The number of carbonyl (C=O) groups excluding carboxylic acids is 2. The molecule has 59 heavy (non-hydrogen) atoms. The molecule has 1 aliphatic rings. The van der Waals surface area contributed by atoms with Crippen LogP contribution in [0.2, 0.25) is 0 Å².